The molecular weight excluding hydrogens is 553 g/mol. The van der Waals surface area contributed by atoms with E-state index in [1.165, 1.54) is 13.2 Å². The van der Waals surface area contributed by atoms with Crippen molar-refractivity contribution in [3.05, 3.63) is 155 Å². The second-order valence-corrected chi connectivity index (χ2v) is 11.2. The lowest BCUT2D eigenvalue weighted by Crippen LogP contribution is -2.38. The molecule has 5 aromatic rings. The van der Waals surface area contributed by atoms with Crippen molar-refractivity contribution in [1.82, 2.24) is 14.8 Å². The molecule has 6 rings (SSSR count). The van der Waals surface area contributed by atoms with Gasteiger partial charge in [0.2, 0.25) is 0 Å². The van der Waals surface area contributed by atoms with Gasteiger partial charge in [-0.15, -0.1) is 10.2 Å². The predicted molar refractivity (Wildman–Crippen MR) is 167 cm³/mol. The number of halogens is 1. The molecule has 0 spiro atoms. The number of aromatic nitrogens is 3. The van der Waals surface area contributed by atoms with E-state index in [4.69, 9.17) is 9.47 Å². The average Bonchev–Trinajstić information content (AvgIpc) is 3.52. The summed E-state index contributed by atoms with van der Waals surface area (Å²) in [4.78, 5) is 12.5. The van der Waals surface area contributed by atoms with E-state index >= 15 is 4.39 Å². The van der Waals surface area contributed by atoms with E-state index in [1.54, 1.807) is 12.4 Å². The van der Waals surface area contributed by atoms with E-state index < -0.39 is 11.4 Å². The first kappa shape index (κ1) is 29.1. The molecule has 1 heterocycles. The van der Waals surface area contributed by atoms with E-state index in [9.17, 15) is 4.79 Å². The molecule has 0 amide bonds. The molecule has 0 saturated heterocycles. The number of benzene rings is 4. The Balaban J connectivity index is 1.42. The fourth-order valence-electron chi connectivity index (χ4n) is 6.33. The van der Waals surface area contributed by atoms with Gasteiger partial charge in [-0.1, -0.05) is 110 Å². The zero-order valence-electron chi connectivity index (χ0n) is 25.0. The smallest absolute Gasteiger partial charge is 0.197 e. The van der Waals surface area contributed by atoms with Crippen molar-refractivity contribution >= 4 is 5.78 Å². The predicted octanol–water partition coefficient (Wildman–Crippen LogP) is 7.48. The van der Waals surface area contributed by atoms with Gasteiger partial charge >= 0.3 is 0 Å². The van der Waals surface area contributed by atoms with Gasteiger partial charge in [-0.05, 0) is 41.3 Å². The largest absolute Gasteiger partial charge is 0.493 e. The molecule has 0 N–H and O–H groups in total. The molecule has 0 saturated carbocycles. The molecule has 6 nitrogen and oxygen atoms in total. The monoisotopic (exact) mass is 587 g/mol. The molecule has 0 fully saturated rings. The van der Waals surface area contributed by atoms with Gasteiger partial charge in [0.25, 0.3) is 0 Å². The molecule has 1 aromatic heterocycles. The Hall–Kier alpha value is -5.04. The topological polar surface area (TPSA) is 66.2 Å². The maximum atomic E-state index is 15.8. The summed E-state index contributed by atoms with van der Waals surface area (Å²) in [5.74, 6) is -0.184. The summed E-state index contributed by atoms with van der Waals surface area (Å²) in [5, 5.41) is 8.77. The van der Waals surface area contributed by atoms with Crippen LogP contribution in [0.1, 0.15) is 54.3 Å². The Morgan fingerprint density at radius 1 is 0.909 bits per heavy atom. The van der Waals surface area contributed by atoms with Gasteiger partial charge in [-0.2, -0.15) is 0 Å². The zero-order chi connectivity index (χ0) is 30.7. The molecule has 0 bridgehead atoms. The van der Waals surface area contributed by atoms with Gasteiger partial charge < -0.3 is 9.47 Å². The molecular formula is C37H34FN3O3. The minimum Gasteiger partial charge on any atom is -0.493 e. The van der Waals surface area contributed by atoms with Crippen LogP contribution in [0.4, 0.5) is 4.39 Å². The number of rotatable bonds is 9. The Bertz CT molecular complexity index is 1690. The molecule has 0 radical (unpaired) electrons. The number of carbonyl (C=O) groups excluding carboxylic acids is 1. The number of hydrogen-bond donors (Lipinski definition) is 0. The highest BCUT2D eigenvalue weighted by Gasteiger charge is 2.40. The Labute approximate surface area is 256 Å². The quantitative estimate of drug-likeness (QED) is 0.132. The third-order valence-electron chi connectivity index (χ3n) is 8.50. The number of nitrogens with zero attached hydrogens (tertiary/aromatic N) is 3. The van der Waals surface area contributed by atoms with Crippen LogP contribution in [0, 0.1) is 11.7 Å². The first-order chi connectivity index (χ1) is 21.4. The number of ether oxygens (including phenoxy) is 2. The van der Waals surface area contributed by atoms with Crippen LogP contribution in [0.15, 0.2) is 121 Å². The van der Waals surface area contributed by atoms with E-state index in [0.717, 1.165) is 22.3 Å². The summed E-state index contributed by atoms with van der Waals surface area (Å²) in [5.41, 5.74) is 3.83. The second-order valence-electron chi connectivity index (χ2n) is 11.2. The normalized spacial score (nSPS) is 16.8. The Morgan fingerprint density at radius 3 is 2.02 bits per heavy atom. The fraction of sp³-hybridized carbons (Fsp3) is 0.216. The summed E-state index contributed by atoms with van der Waals surface area (Å²) in [6.07, 6.45) is 4.16. The van der Waals surface area contributed by atoms with Crippen LogP contribution in [0.25, 0.3) is 0 Å². The van der Waals surface area contributed by atoms with Crippen molar-refractivity contribution in [1.29, 1.82) is 0 Å². The number of Topliss-reactive ketones (excluding diaryl/α,β-unsaturated/α-hetero) is 1. The van der Waals surface area contributed by atoms with E-state index in [0.29, 0.717) is 17.8 Å². The lowest BCUT2D eigenvalue weighted by atomic mass is 9.76. The van der Waals surface area contributed by atoms with Crippen molar-refractivity contribution < 1.29 is 18.7 Å². The van der Waals surface area contributed by atoms with Crippen LogP contribution in [-0.2, 0) is 16.9 Å². The van der Waals surface area contributed by atoms with Crippen molar-refractivity contribution in [3.63, 3.8) is 0 Å². The molecule has 2 unspecified atom stereocenters. The van der Waals surface area contributed by atoms with Crippen molar-refractivity contribution in [2.45, 2.75) is 38.3 Å². The molecule has 44 heavy (non-hydrogen) atoms. The van der Waals surface area contributed by atoms with Gasteiger partial charge in [-0.25, -0.2) is 4.39 Å². The SMILES string of the molecule is COc1cc(C2C=C(C)CC(=O)C2C)cc(F)c1OCc1nncn1C(c1ccccc1)(c1ccccc1)c1ccccc1. The number of allylic oxidation sites excluding steroid dienone is 2. The van der Waals surface area contributed by atoms with Gasteiger partial charge in [0.1, 0.15) is 24.3 Å². The number of hydrogen-bond acceptors (Lipinski definition) is 5. The first-order valence-electron chi connectivity index (χ1n) is 14.7. The lowest BCUT2D eigenvalue weighted by molar-refractivity contribution is -0.122. The van der Waals surface area contributed by atoms with Gasteiger partial charge in [0.05, 0.1) is 7.11 Å². The van der Waals surface area contributed by atoms with Crippen LogP contribution in [0.5, 0.6) is 11.5 Å². The average molecular weight is 588 g/mol. The first-order valence-corrected chi connectivity index (χ1v) is 14.7. The Morgan fingerprint density at radius 2 is 1.48 bits per heavy atom. The van der Waals surface area contributed by atoms with E-state index in [1.807, 2.05) is 79.1 Å². The lowest BCUT2D eigenvalue weighted by Gasteiger charge is -2.38. The molecule has 222 valence electrons. The summed E-state index contributed by atoms with van der Waals surface area (Å²) >= 11 is 0. The maximum absolute atomic E-state index is 15.8. The minimum atomic E-state index is -0.841. The van der Waals surface area contributed by atoms with Gasteiger partial charge in [0.15, 0.2) is 23.1 Å². The number of methoxy groups -OCH3 is 1. The fourth-order valence-corrected chi connectivity index (χ4v) is 6.33. The molecule has 4 aromatic carbocycles. The van der Waals surface area contributed by atoms with Crippen LogP contribution in [0.2, 0.25) is 0 Å². The van der Waals surface area contributed by atoms with Crippen molar-refractivity contribution in [3.8, 4) is 11.5 Å². The van der Waals surface area contributed by atoms with Crippen molar-refractivity contribution in [2.24, 2.45) is 5.92 Å². The maximum Gasteiger partial charge on any atom is 0.197 e. The van der Waals surface area contributed by atoms with Crippen LogP contribution in [0.3, 0.4) is 0 Å². The minimum absolute atomic E-state index is 0.0222. The highest BCUT2D eigenvalue weighted by molar-refractivity contribution is 5.85. The highest BCUT2D eigenvalue weighted by Crippen LogP contribution is 2.43. The summed E-state index contributed by atoms with van der Waals surface area (Å²) in [6, 6.07) is 33.7. The van der Waals surface area contributed by atoms with Crippen molar-refractivity contribution in [2.75, 3.05) is 7.11 Å². The Kier molecular flexibility index (Phi) is 8.11. The number of ketones is 1. The van der Waals surface area contributed by atoms with Gasteiger partial charge in [-0.3, -0.25) is 9.36 Å². The van der Waals surface area contributed by atoms with E-state index in [-0.39, 0.29) is 35.7 Å². The second kappa shape index (κ2) is 12.3. The van der Waals surface area contributed by atoms with Crippen LogP contribution in [-0.4, -0.2) is 27.7 Å². The highest BCUT2D eigenvalue weighted by atomic mass is 19.1. The zero-order valence-corrected chi connectivity index (χ0v) is 25.0. The van der Waals surface area contributed by atoms with Crippen LogP contribution >= 0.6 is 0 Å². The number of carbonyl (C=O) groups is 1. The third kappa shape index (κ3) is 5.19. The molecule has 1 aliphatic rings. The van der Waals surface area contributed by atoms with Gasteiger partial charge in [0, 0.05) is 18.3 Å². The molecule has 1 aliphatic carbocycles. The standard InChI is InChI=1S/C37H34FN3O3/c1-25-19-31(26(2)33(42)20-25)27-21-32(38)36(34(22-27)43-3)44-23-35-40-39-24-41(35)37(28-13-7-4-8-14-28,29-15-9-5-10-16-29)30-17-11-6-12-18-30/h4-19,21-22,24,26,31H,20,23H2,1-3H3. The summed E-state index contributed by atoms with van der Waals surface area (Å²) in [7, 11) is 1.48. The van der Waals surface area contributed by atoms with Crippen LogP contribution < -0.4 is 9.47 Å². The van der Waals surface area contributed by atoms with E-state index in [2.05, 4.69) is 46.6 Å². The summed E-state index contributed by atoms with van der Waals surface area (Å²) < 4.78 is 29.5. The summed E-state index contributed by atoms with van der Waals surface area (Å²) in [6.45, 7) is 3.74. The molecule has 0 aliphatic heterocycles. The third-order valence-corrected chi connectivity index (χ3v) is 8.50. The molecule has 2 atom stereocenters. The molecule has 7 heteroatoms.